The number of hydrogen-bond acceptors (Lipinski definition) is 1. The van der Waals surface area contributed by atoms with E-state index in [2.05, 4.69) is 45.1 Å². The molecule has 1 N–H and O–H groups in total. The third-order valence-electron chi connectivity index (χ3n) is 4.36. The van der Waals surface area contributed by atoms with Gasteiger partial charge in [0.2, 0.25) is 0 Å². The van der Waals surface area contributed by atoms with Gasteiger partial charge < -0.3 is 5.32 Å². The van der Waals surface area contributed by atoms with Crippen molar-refractivity contribution < 1.29 is 0 Å². The Hall–Kier alpha value is -0.530. The van der Waals surface area contributed by atoms with E-state index in [-0.39, 0.29) is 0 Å². The molecule has 1 aromatic rings. The van der Waals surface area contributed by atoms with E-state index >= 15 is 0 Å². The SMILES string of the molecule is CCCCC(CC)(CNCC(C)C)Cc1ccc(Cl)cc1. The van der Waals surface area contributed by atoms with E-state index in [1.807, 2.05) is 12.1 Å². The summed E-state index contributed by atoms with van der Waals surface area (Å²) in [6.07, 6.45) is 6.25. The Kier molecular flexibility index (Phi) is 8.36. The molecule has 0 aliphatic heterocycles. The highest BCUT2D eigenvalue weighted by atomic mass is 35.5. The zero-order valence-corrected chi connectivity index (χ0v) is 15.0. The topological polar surface area (TPSA) is 12.0 Å². The zero-order valence-electron chi connectivity index (χ0n) is 14.2. The maximum Gasteiger partial charge on any atom is 0.0406 e. The largest absolute Gasteiger partial charge is 0.316 e. The van der Waals surface area contributed by atoms with Gasteiger partial charge in [0, 0.05) is 11.6 Å². The van der Waals surface area contributed by atoms with E-state index in [1.54, 1.807) is 0 Å². The molecule has 1 rings (SSSR count). The maximum absolute atomic E-state index is 6.01. The lowest BCUT2D eigenvalue weighted by Gasteiger charge is -2.34. The van der Waals surface area contributed by atoms with Crippen LogP contribution in [0.3, 0.4) is 0 Å². The number of unbranched alkanes of at least 4 members (excludes halogenated alkanes) is 1. The fourth-order valence-corrected chi connectivity index (χ4v) is 3.01. The summed E-state index contributed by atoms with van der Waals surface area (Å²) in [5, 5.41) is 4.52. The Morgan fingerprint density at radius 2 is 1.81 bits per heavy atom. The summed E-state index contributed by atoms with van der Waals surface area (Å²) in [6.45, 7) is 11.4. The first-order valence-corrected chi connectivity index (χ1v) is 8.84. The summed E-state index contributed by atoms with van der Waals surface area (Å²) in [4.78, 5) is 0. The molecule has 0 fully saturated rings. The molecule has 2 heteroatoms. The van der Waals surface area contributed by atoms with Crippen LogP contribution in [0.2, 0.25) is 5.02 Å². The third kappa shape index (κ3) is 6.84. The van der Waals surface area contributed by atoms with Gasteiger partial charge in [0.15, 0.2) is 0 Å². The van der Waals surface area contributed by atoms with Crippen molar-refractivity contribution in [1.82, 2.24) is 5.32 Å². The van der Waals surface area contributed by atoms with Gasteiger partial charge >= 0.3 is 0 Å². The maximum atomic E-state index is 6.01. The molecule has 0 heterocycles. The average molecular weight is 310 g/mol. The number of nitrogens with one attached hydrogen (secondary N) is 1. The molecule has 0 saturated carbocycles. The highest BCUT2D eigenvalue weighted by Crippen LogP contribution is 2.33. The molecule has 0 aliphatic carbocycles. The molecule has 0 aromatic heterocycles. The van der Waals surface area contributed by atoms with E-state index < -0.39 is 0 Å². The molecule has 0 amide bonds. The fraction of sp³-hybridized carbons (Fsp3) is 0.684. The summed E-state index contributed by atoms with van der Waals surface area (Å²) >= 11 is 6.01. The number of halogens is 1. The summed E-state index contributed by atoms with van der Waals surface area (Å²) in [5.41, 5.74) is 1.78. The van der Waals surface area contributed by atoms with Crippen molar-refractivity contribution in [2.24, 2.45) is 11.3 Å². The van der Waals surface area contributed by atoms with Crippen LogP contribution in [0.5, 0.6) is 0 Å². The molecule has 21 heavy (non-hydrogen) atoms. The molecule has 1 atom stereocenters. The second kappa shape index (κ2) is 9.48. The molecule has 0 radical (unpaired) electrons. The van der Waals surface area contributed by atoms with Crippen molar-refractivity contribution in [2.45, 2.75) is 59.8 Å². The standard InChI is InChI=1S/C19H32ClN/c1-5-7-12-19(6-2,15-21-14-16(3)4)13-17-8-10-18(20)11-9-17/h8-11,16,21H,5-7,12-15H2,1-4H3. The van der Waals surface area contributed by atoms with E-state index in [1.165, 1.54) is 31.2 Å². The van der Waals surface area contributed by atoms with Crippen molar-refractivity contribution in [3.8, 4) is 0 Å². The molecule has 0 spiro atoms. The summed E-state index contributed by atoms with van der Waals surface area (Å²) in [6, 6.07) is 8.39. The average Bonchev–Trinajstić information content (AvgIpc) is 2.46. The molecule has 1 unspecified atom stereocenters. The predicted molar refractivity (Wildman–Crippen MR) is 95.1 cm³/mol. The van der Waals surface area contributed by atoms with Crippen molar-refractivity contribution >= 4 is 11.6 Å². The Bertz CT molecular complexity index is 385. The first kappa shape index (κ1) is 18.5. The molecule has 0 bridgehead atoms. The minimum absolute atomic E-state index is 0.374. The summed E-state index contributed by atoms with van der Waals surface area (Å²) in [7, 11) is 0. The molecule has 0 aliphatic rings. The van der Waals surface area contributed by atoms with Crippen LogP contribution >= 0.6 is 11.6 Å². The van der Waals surface area contributed by atoms with Crippen LogP contribution in [0.15, 0.2) is 24.3 Å². The van der Waals surface area contributed by atoms with Gasteiger partial charge in [-0.1, -0.05) is 64.3 Å². The van der Waals surface area contributed by atoms with Gasteiger partial charge in [-0.3, -0.25) is 0 Å². The fourth-order valence-electron chi connectivity index (χ4n) is 2.88. The lowest BCUT2D eigenvalue weighted by molar-refractivity contribution is 0.226. The van der Waals surface area contributed by atoms with Gasteiger partial charge in [-0.05, 0) is 54.8 Å². The lowest BCUT2D eigenvalue weighted by atomic mass is 9.75. The van der Waals surface area contributed by atoms with Crippen LogP contribution in [0, 0.1) is 11.3 Å². The minimum atomic E-state index is 0.374. The first-order chi connectivity index (χ1) is 10.0. The van der Waals surface area contributed by atoms with Crippen molar-refractivity contribution in [3.05, 3.63) is 34.9 Å². The number of benzene rings is 1. The molecule has 1 nitrogen and oxygen atoms in total. The van der Waals surface area contributed by atoms with Crippen LogP contribution in [0.1, 0.15) is 58.9 Å². The Labute approximate surface area is 136 Å². The van der Waals surface area contributed by atoms with Crippen molar-refractivity contribution in [2.75, 3.05) is 13.1 Å². The quantitative estimate of drug-likeness (QED) is 0.583. The monoisotopic (exact) mass is 309 g/mol. The van der Waals surface area contributed by atoms with Gasteiger partial charge in [0.25, 0.3) is 0 Å². The molecular weight excluding hydrogens is 278 g/mol. The van der Waals surface area contributed by atoms with Crippen LogP contribution in [0.4, 0.5) is 0 Å². The second-order valence-electron chi connectivity index (χ2n) is 6.79. The van der Waals surface area contributed by atoms with Gasteiger partial charge in [-0.25, -0.2) is 0 Å². The van der Waals surface area contributed by atoms with Crippen LogP contribution in [-0.2, 0) is 6.42 Å². The second-order valence-corrected chi connectivity index (χ2v) is 7.22. The van der Waals surface area contributed by atoms with Gasteiger partial charge in [-0.2, -0.15) is 0 Å². The van der Waals surface area contributed by atoms with Crippen LogP contribution in [0.25, 0.3) is 0 Å². The summed E-state index contributed by atoms with van der Waals surface area (Å²) in [5.74, 6) is 0.710. The molecule has 120 valence electrons. The third-order valence-corrected chi connectivity index (χ3v) is 4.61. The molecule has 0 saturated heterocycles. The van der Waals surface area contributed by atoms with Crippen molar-refractivity contribution in [1.29, 1.82) is 0 Å². The van der Waals surface area contributed by atoms with Gasteiger partial charge in [0.05, 0.1) is 0 Å². The van der Waals surface area contributed by atoms with Gasteiger partial charge in [-0.15, -0.1) is 0 Å². The highest BCUT2D eigenvalue weighted by molar-refractivity contribution is 6.30. The van der Waals surface area contributed by atoms with Crippen molar-refractivity contribution in [3.63, 3.8) is 0 Å². The smallest absolute Gasteiger partial charge is 0.0406 e. The van der Waals surface area contributed by atoms with Crippen LogP contribution in [-0.4, -0.2) is 13.1 Å². The first-order valence-electron chi connectivity index (χ1n) is 8.46. The van der Waals surface area contributed by atoms with E-state index in [0.717, 1.165) is 24.5 Å². The van der Waals surface area contributed by atoms with E-state index in [9.17, 15) is 0 Å². The highest BCUT2D eigenvalue weighted by Gasteiger charge is 2.27. The molecular formula is C19H32ClN. The van der Waals surface area contributed by atoms with Gasteiger partial charge in [0.1, 0.15) is 0 Å². The Balaban J connectivity index is 2.75. The predicted octanol–water partition coefficient (Wildman–Crippen LogP) is 5.71. The minimum Gasteiger partial charge on any atom is -0.316 e. The van der Waals surface area contributed by atoms with Crippen LogP contribution < -0.4 is 5.32 Å². The number of hydrogen-bond donors (Lipinski definition) is 1. The zero-order chi connectivity index (χ0) is 15.7. The molecule has 1 aromatic carbocycles. The van der Waals surface area contributed by atoms with E-state index in [0.29, 0.717) is 11.3 Å². The number of rotatable bonds is 10. The Morgan fingerprint density at radius 1 is 1.14 bits per heavy atom. The normalized spacial score (nSPS) is 14.4. The van der Waals surface area contributed by atoms with E-state index in [4.69, 9.17) is 11.6 Å². The Morgan fingerprint density at radius 3 is 2.33 bits per heavy atom. The lowest BCUT2D eigenvalue weighted by Crippen LogP contribution is -2.37. The summed E-state index contributed by atoms with van der Waals surface area (Å²) < 4.78 is 0.